The monoisotopic (exact) mass is 270 g/mol. The van der Waals surface area contributed by atoms with Gasteiger partial charge < -0.3 is 14.9 Å². The largest absolute Gasteiger partial charge is 0.481 e. The molecule has 2 amide bonds. The van der Waals surface area contributed by atoms with Crippen LogP contribution in [-0.4, -0.2) is 52.6 Å². The minimum Gasteiger partial charge on any atom is -0.481 e. The topological polar surface area (TPSA) is 60.9 Å². The molecule has 0 radical (unpaired) electrons. The van der Waals surface area contributed by atoms with E-state index in [1.165, 1.54) is 0 Å². The molecule has 1 N–H and O–H groups in total. The van der Waals surface area contributed by atoms with Crippen molar-refractivity contribution in [3.05, 3.63) is 0 Å². The van der Waals surface area contributed by atoms with Crippen molar-refractivity contribution in [2.45, 2.75) is 52.5 Å². The van der Waals surface area contributed by atoms with E-state index in [-0.39, 0.29) is 18.5 Å². The van der Waals surface area contributed by atoms with Gasteiger partial charge in [-0.2, -0.15) is 0 Å². The Morgan fingerprint density at radius 3 is 2.58 bits per heavy atom. The maximum atomic E-state index is 12.5. The van der Waals surface area contributed by atoms with Gasteiger partial charge in [0.2, 0.25) is 0 Å². The molecule has 5 nitrogen and oxygen atoms in total. The Morgan fingerprint density at radius 2 is 2.05 bits per heavy atom. The van der Waals surface area contributed by atoms with Crippen molar-refractivity contribution < 1.29 is 14.7 Å². The number of aliphatic carboxylic acids is 1. The molecule has 0 aromatic rings. The highest BCUT2D eigenvalue weighted by Gasteiger charge is 2.30. The normalized spacial score (nSPS) is 19.6. The van der Waals surface area contributed by atoms with Crippen LogP contribution in [0.5, 0.6) is 0 Å². The number of carbonyl (C=O) groups excluding carboxylic acids is 1. The Labute approximate surface area is 115 Å². The van der Waals surface area contributed by atoms with Gasteiger partial charge in [0.25, 0.3) is 0 Å². The zero-order valence-corrected chi connectivity index (χ0v) is 12.3. The van der Waals surface area contributed by atoms with Gasteiger partial charge in [-0.15, -0.1) is 0 Å². The average Bonchev–Trinajstić information content (AvgIpc) is 2.35. The quantitative estimate of drug-likeness (QED) is 0.834. The maximum Gasteiger partial charge on any atom is 0.320 e. The number of piperidine rings is 1. The molecular formula is C14H26N2O3. The van der Waals surface area contributed by atoms with E-state index in [9.17, 15) is 9.59 Å². The summed E-state index contributed by atoms with van der Waals surface area (Å²) in [4.78, 5) is 27.0. The predicted octanol–water partition coefficient (Wildman–Crippen LogP) is 2.41. The van der Waals surface area contributed by atoms with Crippen LogP contribution in [0.4, 0.5) is 4.79 Å². The predicted molar refractivity (Wildman–Crippen MR) is 74.1 cm³/mol. The molecule has 5 heteroatoms. The summed E-state index contributed by atoms with van der Waals surface area (Å²) in [5, 5.41) is 8.95. The van der Waals surface area contributed by atoms with Crippen molar-refractivity contribution in [2.75, 3.05) is 19.6 Å². The summed E-state index contributed by atoms with van der Waals surface area (Å²) in [5.41, 5.74) is 0. The summed E-state index contributed by atoms with van der Waals surface area (Å²) in [7, 11) is 0. The first-order chi connectivity index (χ1) is 8.95. The van der Waals surface area contributed by atoms with Crippen LogP contribution in [0.1, 0.15) is 46.5 Å². The van der Waals surface area contributed by atoms with Gasteiger partial charge in [-0.05, 0) is 32.1 Å². The van der Waals surface area contributed by atoms with E-state index in [4.69, 9.17) is 5.11 Å². The number of hydrogen-bond acceptors (Lipinski definition) is 2. The van der Waals surface area contributed by atoms with E-state index < -0.39 is 5.97 Å². The summed E-state index contributed by atoms with van der Waals surface area (Å²) in [6.45, 7) is 8.22. The highest BCUT2D eigenvalue weighted by atomic mass is 16.4. The maximum absolute atomic E-state index is 12.5. The van der Waals surface area contributed by atoms with Crippen LogP contribution >= 0.6 is 0 Å². The zero-order chi connectivity index (χ0) is 14.4. The molecule has 1 rings (SSSR count). The fourth-order valence-electron chi connectivity index (χ4n) is 2.63. The van der Waals surface area contributed by atoms with E-state index in [1.807, 2.05) is 11.8 Å². The van der Waals surface area contributed by atoms with E-state index in [2.05, 4.69) is 13.8 Å². The lowest BCUT2D eigenvalue weighted by molar-refractivity contribution is -0.138. The Morgan fingerprint density at radius 1 is 1.37 bits per heavy atom. The molecule has 0 aliphatic carbocycles. The second-order valence-electron chi connectivity index (χ2n) is 5.66. The standard InChI is InChI=1S/C14H26N2O3/c1-4-15(10-11(2)3)14(19)16-8-6-5-7-12(16)9-13(17)18/h11-12H,4-10H2,1-3H3,(H,17,18). The van der Waals surface area contributed by atoms with Crippen LogP contribution in [0.3, 0.4) is 0 Å². The molecule has 0 aromatic heterocycles. The third-order valence-corrected chi connectivity index (χ3v) is 3.52. The van der Waals surface area contributed by atoms with Gasteiger partial charge in [0.1, 0.15) is 0 Å². The molecule has 110 valence electrons. The molecule has 1 fully saturated rings. The Hall–Kier alpha value is -1.26. The average molecular weight is 270 g/mol. The summed E-state index contributed by atoms with van der Waals surface area (Å²) in [6.07, 6.45) is 2.85. The smallest absolute Gasteiger partial charge is 0.320 e. The summed E-state index contributed by atoms with van der Waals surface area (Å²) in [5.74, 6) is -0.400. The molecule has 1 heterocycles. The van der Waals surface area contributed by atoms with Gasteiger partial charge in [-0.3, -0.25) is 4.79 Å². The van der Waals surface area contributed by atoms with Gasteiger partial charge in [0, 0.05) is 25.7 Å². The lowest BCUT2D eigenvalue weighted by Crippen LogP contribution is -2.51. The van der Waals surface area contributed by atoms with Crippen molar-refractivity contribution in [3.8, 4) is 0 Å². The number of carboxylic acids is 1. The first-order valence-corrected chi connectivity index (χ1v) is 7.23. The third-order valence-electron chi connectivity index (χ3n) is 3.52. The summed E-state index contributed by atoms with van der Waals surface area (Å²) >= 11 is 0. The van der Waals surface area contributed by atoms with Crippen LogP contribution in [0, 0.1) is 5.92 Å². The number of carboxylic acid groups (broad SMARTS) is 1. The van der Waals surface area contributed by atoms with Crippen LogP contribution in [0.25, 0.3) is 0 Å². The van der Waals surface area contributed by atoms with Crippen LogP contribution in [-0.2, 0) is 4.79 Å². The van der Waals surface area contributed by atoms with Crippen LogP contribution in [0.15, 0.2) is 0 Å². The molecule has 0 spiro atoms. The Kier molecular flexibility index (Phi) is 6.12. The molecule has 1 aliphatic rings. The lowest BCUT2D eigenvalue weighted by atomic mass is 10.00. The van der Waals surface area contributed by atoms with Crippen LogP contribution in [0.2, 0.25) is 0 Å². The number of amides is 2. The highest BCUT2D eigenvalue weighted by Crippen LogP contribution is 2.21. The first kappa shape index (κ1) is 15.8. The van der Waals surface area contributed by atoms with Gasteiger partial charge in [0.15, 0.2) is 0 Å². The molecule has 1 unspecified atom stereocenters. The number of urea groups is 1. The van der Waals surface area contributed by atoms with Gasteiger partial charge >= 0.3 is 12.0 Å². The third kappa shape index (κ3) is 4.73. The number of likely N-dealkylation sites (tertiary alicyclic amines) is 1. The zero-order valence-electron chi connectivity index (χ0n) is 12.3. The van der Waals surface area contributed by atoms with Gasteiger partial charge in [-0.1, -0.05) is 13.8 Å². The summed E-state index contributed by atoms with van der Waals surface area (Å²) in [6, 6.07) is -0.137. The minimum absolute atomic E-state index is 0.00199. The van der Waals surface area contributed by atoms with E-state index in [0.29, 0.717) is 19.0 Å². The SMILES string of the molecule is CCN(CC(C)C)C(=O)N1CCCCC1CC(=O)O. The lowest BCUT2D eigenvalue weighted by Gasteiger charge is -2.38. The second-order valence-corrected chi connectivity index (χ2v) is 5.66. The molecule has 0 bridgehead atoms. The number of nitrogens with zero attached hydrogens (tertiary/aromatic N) is 2. The molecule has 0 saturated carbocycles. The fourth-order valence-corrected chi connectivity index (χ4v) is 2.63. The first-order valence-electron chi connectivity index (χ1n) is 7.23. The Balaban J connectivity index is 2.71. The molecule has 1 atom stereocenters. The van der Waals surface area contributed by atoms with E-state index in [1.54, 1.807) is 4.90 Å². The van der Waals surface area contributed by atoms with Gasteiger partial charge in [0.05, 0.1) is 6.42 Å². The van der Waals surface area contributed by atoms with Crippen molar-refractivity contribution in [2.24, 2.45) is 5.92 Å². The van der Waals surface area contributed by atoms with Crippen LogP contribution < -0.4 is 0 Å². The molecule has 19 heavy (non-hydrogen) atoms. The van der Waals surface area contributed by atoms with E-state index >= 15 is 0 Å². The highest BCUT2D eigenvalue weighted by molar-refractivity contribution is 5.76. The minimum atomic E-state index is -0.823. The van der Waals surface area contributed by atoms with Crippen molar-refractivity contribution in [1.29, 1.82) is 0 Å². The molecule has 1 aliphatic heterocycles. The second kappa shape index (κ2) is 7.36. The number of carbonyl (C=O) groups is 2. The fraction of sp³-hybridized carbons (Fsp3) is 0.857. The van der Waals surface area contributed by atoms with Gasteiger partial charge in [-0.25, -0.2) is 4.79 Å². The van der Waals surface area contributed by atoms with Crippen molar-refractivity contribution in [3.63, 3.8) is 0 Å². The number of rotatable bonds is 5. The number of hydrogen-bond donors (Lipinski definition) is 1. The summed E-state index contributed by atoms with van der Waals surface area (Å²) < 4.78 is 0. The van der Waals surface area contributed by atoms with E-state index in [0.717, 1.165) is 25.8 Å². The molecule has 0 aromatic carbocycles. The Bertz CT molecular complexity index is 318. The molecule has 1 saturated heterocycles. The molecular weight excluding hydrogens is 244 g/mol. The van der Waals surface area contributed by atoms with Crippen molar-refractivity contribution >= 4 is 12.0 Å². The van der Waals surface area contributed by atoms with Crippen molar-refractivity contribution in [1.82, 2.24) is 9.80 Å².